The van der Waals surface area contributed by atoms with Crippen LogP contribution in [0.3, 0.4) is 0 Å². The molecule has 0 atom stereocenters. The van der Waals surface area contributed by atoms with E-state index in [0.717, 1.165) is 22.6 Å². The predicted octanol–water partition coefficient (Wildman–Crippen LogP) is 3.90. The van der Waals surface area contributed by atoms with Crippen LogP contribution in [-0.4, -0.2) is 53.1 Å². The number of benzene rings is 3. The van der Waals surface area contributed by atoms with E-state index in [1.165, 1.54) is 29.2 Å². The van der Waals surface area contributed by atoms with Crippen LogP contribution in [0.4, 0.5) is 14.5 Å². The Morgan fingerprint density at radius 3 is 2.22 bits per heavy atom. The van der Waals surface area contributed by atoms with Crippen molar-refractivity contribution in [2.24, 2.45) is 0 Å². The maximum atomic E-state index is 13.8. The predicted molar refractivity (Wildman–Crippen MR) is 129 cm³/mol. The first-order valence-corrected chi connectivity index (χ1v) is 11.4. The van der Waals surface area contributed by atoms with Crippen LogP contribution in [0.1, 0.15) is 43.6 Å². The Labute approximate surface area is 206 Å². The highest BCUT2D eigenvalue weighted by Gasteiger charge is 2.36. The Morgan fingerprint density at radius 2 is 1.56 bits per heavy atom. The number of para-hydroxylation sites is 1. The molecule has 9 heteroatoms. The third-order valence-corrected chi connectivity index (χ3v) is 5.92. The van der Waals surface area contributed by atoms with Gasteiger partial charge in [0.1, 0.15) is 23.9 Å². The summed E-state index contributed by atoms with van der Waals surface area (Å²) >= 11 is 0. The van der Waals surface area contributed by atoms with Gasteiger partial charge in [-0.3, -0.25) is 24.1 Å². The maximum Gasteiger partial charge on any atom is 0.261 e. The van der Waals surface area contributed by atoms with Crippen LogP contribution in [0.5, 0.6) is 0 Å². The Hall–Kier alpha value is -4.40. The first-order chi connectivity index (χ1) is 17.3. The molecule has 0 saturated heterocycles. The second kappa shape index (κ2) is 10.5. The zero-order valence-corrected chi connectivity index (χ0v) is 19.5. The number of fused-ring (bicyclic) bond motifs is 1. The highest BCUT2D eigenvalue weighted by atomic mass is 19.1. The molecule has 0 radical (unpaired) electrons. The number of hydrogen-bond donors (Lipinski definition) is 1. The van der Waals surface area contributed by atoms with Crippen molar-refractivity contribution in [1.29, 1.82) is 0 Å². The van der Waals surface area contributed by atoms with Gasteiger partial charge in [-0.05, 0) is 49.2 Å². The third kappa shape index (κ3) is 5.00. The van der Waals surface area contributed by atoms with Crippen LogP contribution in [0.25, 0.3) is 0 Å². The van der Waals surface area contributed by atoms with Crippen LogP contribution in [-0.2, 0) is 11.2 Å². The molecular formula is C27H23F2N3O4. The molecule has 3 aromatic carbocycles. The summed E-state index contributed by atoms with van der Waals surface area (Å²) < 4.78 is 27.7. The molecule has 0 saturated carbocycles. The van der Waals surface area contributed by atoms with Gasteiger partial charge < -0.3 is 10.2 Å². The lowest BCUT2D eigenvalue weighted by molar-refractivity contribution is -0.116. The van der Waals surface area contributed by atoms with Gasteiger partial charge in [-0.25, -0.2) is 8.78 Å². The fraction of sp³-hybridized carbons (Fsp3) is 0.185. The van der Waals surface area contributed by atoms with Gasteiger partial charge >= 0.3 is 0 Å². The Kier molecular flexibility index (Phi) is 7.19. The van der Waals surface area contributed by atoms with E-state index in [9.17, 15) is 28.0 Å². The standard InChI is InChI=1S/C27H23F2N3O4/c1-2-31(16-23(33)30-24-21(28)9-6-10-22(24)29)25(34)18-11-12-19-20(15-18)27(36)32(26(19)35)14-13-17-7-4-3-5-8-17/h3-12,15H,2,13-14,16H2,1H3,(H,30,33). The molecule has 1 heterocycles. The topological polar surface area (TPSA) is 86.8 Å². The van der Waals surface area contributed by atoms with Crippen LogP contribution in [0.2, 0.25) is 0 Å². The summed E-state index contributed by atoms with van der Waals surface area (Å²) in [6.45, 7) is 1.51. The minimum absolute atomic E-state index is 0.117. The number of carbonyl (C=O) groups excluding carboxylic acids is 4. The summed E-state index contributed by atoms with van der Waals surface area (Å²) in [6, 6.07) is 16.8. The van der Waals surface area contributed by atoms with Gasteiger partial charge in [-0.2, -0.15) is 0 Å². The smallest absolute Gasteiger partial charge is 0.261 e. The molecule has 4 rings (SSSR count). The monoisotopic (exact) mass is 491 g/mol. The fourth-order valence-corrected chi connectivity index (χ4v) is 3.99. The van der Waals surface area contributed by atoms with Crippen molar-refractivity contribution >= 4 is 29.3 Å². The van der Waals surface area contributed by atoms with Crippen molar-refractivity contribution in [2.75, 3.05) is 25.0 Å². The Balaban J connectivity index is 1.46. The largest absolute Gasteiger partial charge is 0.330 e. The molecule has 184 valence electrons. The second-order valence-electron chi connectivity index (χ2n) is 8.22. The van der Waals surface area contributed by atoms with Crippen LogP contribution < -0.4 is 5.32 Å². The average molecular weight is 491 g/mol. The molecule has 1 aliphatic heterocycles. The van der Waals surface area contributed by atoms with Crippen molar-refractivity contribution in [3.8, 4) is 0 Å². The number of anilines is 1. The minimum atomic E-state index is -0.934. The zero-order chi connectivity index (χ0) is 25.8. The molecule has 1 aliphatic rings. The lowest BCUT2D eigenvalue weighted by Crippen LogP contribution is -2.38. The Morgan fingerprint density at radius 1 is 0.889 bits per heavy atom. The molecule has 0 bridgehead atoms. The lowest BCUT2D eigenvalue weighted by Gasteiger charge is -2.21. The van der Waals surface area contributed by atoms with Crippen molar-refractivity contribution in [3.05, 3.63) is 101 Å². The maximum absolute atomic E-state index is 13.8. The molecule has 1 N–H and O–H groups in total. The van der Waals surface area contributed by atoms with Gasteiger partial charge in [0, 0.05) is 18.7 Å². The molecule has 0 fully saturated rings. The summed E-state index contributed by atoms with van der Waals surface area (Å²) in [5.41, 5.74) is 0.833. The fourth-order valence-electron chi connectivity index (χ4n) is 3.99. The molecule has 36 heavy (non-hydrogen) atoms. The van der Waals surface area contributed by atoms with Gasteiger partial charge in [0.05, 0.1) is 11.1 Å². The SMILES string of the molecule is CCN(CC(=O)Nc1c(F)cccc1F)C(=O)c1ccc2c(c1)C(=O)N(CCc1ccccc1)C2=O. The van der Waals surface area contributed by atoms with E-state index < -0.39 is 47.5 Å². The van der Waals surface area contributed by atoms with Gasteiger partial charge in [-0.1, -0.05) is 36.4 Å². The average Bonchev–Trinajstić information content (AvgIpc) is 3.12. The highest BCUT2D eigenvalue weighted by molar-refractivity contribution is 6.22. The van der Waals surface area contributed by atoms with E-state index in [1.54, 1.807) is 6.92 Å². The third-order valence-electron chi connectivity index (χ3n) is 5.92. The number of rotatable bonds is 8. The number of nitrogens with zero attached hydrogens (tertiary/aromatic N) is 2. The molecular weight excluding hydrogens is 468 g/mol. The van der Waals surface area contributed by atoms with Gasteiger partial charge in [0.25, 0.3) is 17.7 Å². The second-order valence-corrected chi connectivity index (χ2v) is 8.22. The summed E-state index contributed by atoms with van der Waals surface area (Å²) in [5, 5.41) is 2.15. The quantitative estimate of drug-likeness (QED) is 0.484. The van der Waals surface area contributed by atoms with Crippen LogP contribution >= 0.6 is 0 Å². The van der Waals surface area contributed by atoms with Gasteiger partial charge in [0.2, 0.25) is 5.91 Å². The van der Waals surface area contributed by atoms with Crippen LogP contribution in [0.15, 0.2) is 66.7 Å². The summed E-state index contributed by atoms with van der Waals surface area (Å²) in [4.78, 5) is 53.5. The summed E-state index contributed by atoms with van der Waals surface area (Å²) in [7, 11) is 0. The number of carbonyl (C=O) groups is 4. The van der Waals surface area contributed by atoms with Crippen molar-refractivity contribution in [3.63, 3.8) is 0 Å². The highest BCUT2D eigenvalue weighted by Crippen LogP contribution is 2.25. The van der Waals surface area contributed by atoms with Gasteiger partial charge in [0.15, 0.2) is 0 Å². The number of halogens is 2. The molecule has 0 aromatic heterocycles. The van der Waals surface area contributed by atoms with E-state index in [1.807, 2.05) is 30.3 Å². The number of likely N-dealkylation sites (N-methyl/N-ethyl adjacent to an activating group) is 1. The van der Waals surface area contributed by atoms with E-state index in [4.69, 9.17) is 0 Å². The van der Waals surface area contributed by atoms with E-state index >= 15 is 0 Å². The van der Waals surface area contributed by atoms with E-state index in [0.29, 0.717) is 6.42 Å². The molecule has 0 spiro atoms. The Bertz CT molecular complexity index is 1320. The first-order valence-electron chi connectivity index (χ1n) is 11.4. The van der Waals surface area contributed by atoms with Gasteiger partial charge in [-0.15, -0.1) is 0 Å². The van der Waals surface area contributed by atoms with Crippen molar-refractivity contribution in [2.45, 2.75) is 13.3 Å². The first kappa shape index (κ1) is 24.7. The molecule has 4 amide bonds. The van der Waals surface area contributed by atoms with Crippen molar-refractivity contribution in [1.82, 2.24) is 9.80 Å². The minimum Gasteiger partial charge on any atom is -0.330 e. The molecule has 3 aromatic rings. The number of nitrogens with one attached hydrogen (secondary N) is 1. The zero-order valence-electron chi connectivity index (χ0n) is 19.5. The van der Waals surface area contributed by atoms with E-state index in [2.05, 4.69) is 5.32 Å². The number of amides is 4. The van der Waals surface area contributed by atoms with Crippen molar-refractivity contribution < 1.29 is 28.0 Å². The van der Waals surface area contributed by atoms with E-state index in [-0.39, 0.29) is 29.8 Å². The van der Waals surface area contributed by atoms with Crippen LogP contribution in [0, 0.1) is 11.6 Å². The lowest BCUT2D eigenvalue weighted by atomic mass is 10.0. The summed E-state index contributed by atoms with van der Waals surface area (Å²) in [6.07, 6.45) is 0.499. The summed E-state index contributed by atoms with van der Waals surface area (Å²) in [5.74, 6) is -4.13. The molecule has 7 nitrogen and oxygen atoms in total. The molecule has 0 unspecified atom stereocenters. The molecule has 0 aliphatic carbocycles. The normalized spacial score (nSPS) is 12.5. The number of hydrogen-bond acceptors (Lipinski definition) is 4. The number of imide groups is 1.